The lowest BCUT2D eigenvalue weighted by atomic mass is 10.0. The summed E-state index contributed by atoms with van der Waals surface area (Å²) in [5.74, 6) is 4.81. The van der Waals surface area contributed by atoms with Gasteiger partial charge in [-0.2, -0.15) is 5.90 Å². The lowest BCUT2D eigenvalue weighted by molar-refractivity contribution is 0.0502. The van der Waals surface area contributed by atoms with Crippen LogP contribution in [0.4, 0.5) is 0 Å². The van der Waals surface area contributed by atoms with Gasteiger partial charge in [-0.25, -0.2) is 4.79 Å². The molecule has 0 bridgehead atoms. The first-order chi connectivity index (χ1) is 6.72. The van der Waals surface area contributed by atoms with E-state index < -0.39 is 5.97 Å². The minimum absolute atomic E-state index is 0.473. The van der Waals surface area contributed by atoms with Crippen LogP contribution in [0.2, 0.25) is 5.02 Å². The molecule has 0 aromatic heterocycles. The molecule has 0 aliphatic heterocycles. The molecule has 14 heavy (non-hydrogen) atoms. The normalized spacial score (nSPS) is 15.3. The summed E-state index contributed by atoms with van der Waals surface area (Å²) in [7, 11) is 0. The molecule has 2 N–H and O–H groups in total. The molecule has 0 atom stereocenters. The first kappa shape index (κ1) is 9.49. The summed E-state index contributed by atoms with van der Waals surface area (Å²) in [4.78, 5) is 15.5. The van der Waals surface area contributed by atoms with E-state index in [0.717, 1.165) is 18.4 Å². The Morgan fingerprint density at radius 2 is 2.21 bits per heavy atom. The summed E-state index contributed by atoms with van der Waals surface area (Å²) in [5, 5.41) is 0.523. The Morgan fingerprint density at radius 3 is 2.79 bits per heavy atom. The molecule has 2 rings (SSSR count). The lowest BCUT2D eigenvalue weighted by Gasteiger charge is -2.06. The van der Waals surface area contributed by atoms with E-state index in [9.17, 15) is 4.79 Å². The second-order valence-corrected chi connectivity index (χ2v) is 3.85. The van der Waals surface area contributed by atoms with Crippen LogP contribution in [0.5, 0.6) is 0 Å². The van der Waals surface area contributed by atoms with Gasteiger partial charge in [0, 0.05) is 5.02 Å². The zero-order chi connectivity index (χ0) is 10.1. The molecule has 0 unspecified atom stereocenters. The van der Waals surface area contributed by atoms with Gasteiger partial charge in [-0.1, -0.05) is 17.7 Å². The van der Waals surface area contributed by atoms with Gasteiger partial charge in [0.1, 0.15) is 0 Å². The molecule has 1 fully saturated rings. The molecule has 0 amide bonds. The van der Waals surface area contributed by atoms with Gasteiger partial charge in [-0.05, 0) is 36.5 Å². The topological polar surface area (TPSA) is 52.3 Å². The van der Waals surface area contributed by atoms with Crippen LogP contribution in [-0.4, -0.2) is 5.97 Å². The second kappa shape index (κ2) is 3.59. The van der Waals surface area contributed by atoms with E-state index >= 15 is 0 Å². The third-order valence-corrected chi connectivity index (χ3v) is 2.59. The van der Waals surface area contributed by atoms with Crippen molar-refractivity contribution >= 4 is 17.6 Å². The van der Waals surface area contributed by atoms with Gasteiger partial charge in [-0.3, -0.25) is 0 Å². The van der Waals surface area contributed by atoms with Crippen molar-refractivity contribution in [3.8, 4) is 0 Å². The first-order valence-corrected chi connectivity index (χ1v) is 4.80. The number of nitrogens with two attached hydrogens (primary N) is 1. The molecular weight excluding hydrogens is 202 g/mol. The highest BCUT2D eigenvalue weighted by atomic mass is 35.5. The van der Waals surface area contributed by atoms with Gasteiger partial charge in [0.25, 0.3) is 0 Å². The van der Waals surface area contributed by atoms with Crippen molar-refractivity contribution in [2.24, 2.45) is 5.90 Å². The molecule has 0 radical (unpaired) electrons. The molecule has 0 heterocycles. The Morgan fingerprint density at radius 1 is 1.50 bits per heavy atom. The van der Waals surface area contributed by atoms with E-state index in [4.69, 9.17) is 17.5 Å². The highest BCUT2D eigenvalue weighted by Crippen LogP contribution is 2.42. The van der Waals surface area contributed by atoms with Gasteiger partial charge in [0.05, 0.1) is 5.56 Å². The average Bonchev–Trinajstić information content (AvgIpc) is 3.00. The van der Waals surface area contributed by atoms with E-state index in [1.165, 1.54) is 0 Å². The maximum absolute atomic E-state index is 11.3. The number of carbonyl (C=O) groups excluding carboxylic acids is 1. The first-order valence-electron chi connectivity index (χ1n) is 4.43. The standard InChI is InChI=1S/C10H10ClNO2/c11-7-3-4-8(6-1-2-6)9(5-7)10(13)14-12/h3-6H,1-2,12H2. The summed E-state index contributed by atoms with van der Waals surface area (Å²) in [6.07, 6.45) is 2.24. The quantitative estimate of drug-likeness (QED) is 0.764. The van der Waals surface area contributed by atoms with Crippen LogP contribution in [0.15, 0.2) is 18.2 Å². The van der Waals surface area contributed by atoms with E-state index in [0.29, 0.717) is 16.5 Å². The fourth-order valence-electron chi connectivity index (χ4n) is 1.52. The van der Waals surface area contributed by atoms with Crippen LogP contribution in [0, 0.1) is 0 Å². The second-order valence-electron chi connectivity index (χ2n) is 3.41. The van der Waals surface area contributed by atoms with Crippen LogP contribution in [0.3, 0.4) is 0 Å². The molecule has 4 heteroatoms. The fourth-order valence-corrected chi connectivity index (χ4v) is 1.69. The molecular formula is C10H10ClNO2. The van der Waals surface area contributed by atoms with Crippen molar-refractivity contribution in [3.05, 3.63) is 34.3 Å². The van der Waals surface area contributed by atoms with E-state index in [2.05, 4.69) is 4.84 Å². The lowest BCUT2D eigenvalue weighted by Crippen LogP contribution is -2.12. The molecule has 1 aliphatic rings. The molecule has 74 valence electrons. The number of benzene rings is 1. The molecule has 0 spiro atoms. The molecule has 1 aromatic carbocycles. The fraction of sp³-hybridized carbons (Fsp3) is 0.300. The summed E-state index contributed by atoms with van der Waals surface area (Å²) in [5.41, 5.74) is 1.48. The van der Waals surface area contributed by atoms with Crippen LogP contribution in [0.1, 0.15) is 34.7 Å². The molecule has 1 aromatic rings. The number of rotatable bonds is 2. The Balaban J connectivity index is 2.42. The van der Waals surface area contributed by atoms with Crippen molar-refractivity contribution in [2.75, 3.05) is 0 Å². The van der Waals surface area contributed by atoms with Gasteiger partial charge in [0.15, 0.2) is 0 Å². The predicted molar refractivity (Wildman–Crippen MR) is 53.0 cm³/mol. The van der Waals surface area contributed by atoms with Crippen molar-refractivity contribution in [3.63, 3.8) is 0 Å². The Kier molecular flexibility index (Phi) is 2.44. The van der Waals surface area contributed by atoms with Gasteiger partial charge in [0.2, 0.25) is 0 Å². The number of carbonyl (C=O) groups is 1. The predicted octanol–water partition coefficient (Wildman–Crippen LogP) is 2.25. The summed E-state index contributed by atoms with van der Waals surface area (Å²) >= 11 is 5.79. The minimum Gasteiger partial charge on any atom is -0.370 e. The van der Waals surface area contributed by atoms with Crippen molar-refractivity contribution in [1.29, 1.82) is 0 Å². The van der Waals surface area contributed by atoms with Crippen LogP contribution in [-0.2, 0) is 4.84 Å². The third-order valence-electron chi connectivity index (χ3n) is 2.36. The summed E-state index contributed by atoms with van der Waals surface area (Å²) in [6, 6.07) is 5.25. The van der Waals surface area contributed by atoms with Gasteiger partial charge >= 0.3 is 5.97 Å². The SMILES string of the molecule is NOC(=O)c1cc(Cl)ccc1C1CC1. The van der Waals surface area contributed by atoms with E-state index in [1.54, 1.807) is 12.1 Å². The third kappa shape index (κ3) is 1.74. The minimum atomic E-state index is -0.519. The summed E-state index contributed by atoms with van der Waals surface area (Å²) < 4.78 is 0. The van der Waals surface area contributed by atoms with Crippen molar-refractivity contribution in [2.45, 2.75) is 18.8 Å². The maximum Gasteiger partial charge on any atom is 0.356 e. The Labute approximate surface area is 86.8 Å². The Hall–Kier alpha value is -1.06. The average molecular weight is 212 g/mol. The smallest absolute Gasteiger partial charge is 0.356 e. The van der Waals surface area contributed by atoms with Gasteiger partial charge < -0.3 is 4.84 Å². The largest absolute Gasteiger partial charge is 0.370 e. The molecule has 1 saturated carbocycles. The number of halogens is 1. The zero-order valence-corrected chi connectivity index (χ0v) is 8.25. The van der Waals surface area contributed by atoms with Crippen molar-refractivity contribution < 1.29 is 9.63 Å². The Bertz CT molecular complexity index is 374. The van der Waals surface area contributed by atoms with Crippen LogP contribution >= 0.6 is 11.6 Å². The van der Waals surface area contributed by atoms with Gasteiger partial charge in [-0.15, -0.1) is 0 Å². The molecule has 3 nitrogen and oxygen atoms in total. The maximum atomic E-state index is 11.3. The zero-order valence-electron chi connectivity index (χ0n) is 7.50. The molecule has 1 aliphatic carbocycles. The van der Waals surface area contributed by atoms with Crippen LogP contribution < -0.4 is 5.90 Å². The van der Waals surface area contributed by atoms with E-state index in [-0.39, 0.29) is 0 Å². The number of hydrogen-bond donors (Lipinski definition) is 1. The summed E-state index contributed by atoms with van der Waals surface area (Å²) in [6.45, 7) is 0. The van der Waals surface area contributed by atoms with Crippen molar-refractivity contribution in [1.82, 2.24) is 0 Å². The highest BCUT2D eigenvalue weighted by Gasteiger charge is 2.28. The van der Waals surface area contributed by atoms with E-state index in [1.807, 2.05) is 6.07 Å². The van der Waals surface area contributed by atoms with Crippen LogP contribution in [0.25, 0.3) is 0 Å². The number of hydrogen-bond acceptors (Lipinski definition) is 3. The highest BCUT2D eigenvalue weighted by molar-refractivity contribution is 6.31. The molecule has 0 saturated heterocycles. The monoisotopic (exact) mass is 211 g/mol.